The summed E-state index contributed by atoms with van der Waals surface area (Å²) in [7, 11) is 0. The summed E-state index contributed by atoms with van der Waals surface area (Å²) in [6.45, 7) is 1.95. The summed E-state index contributed by atoms with van der Waals surface area (Å²) in [6.07, 6.45) is 3.11. The summed E-state index contributed by atoms with van der Waals surface area (Å²) in [4.78, 5) is 25.0. The first-order valence-electron chi connectivity index (χ1n) is 5.29. The molecule has 0 bridgehead atoms. The van der Waals surface area contributed by atoms with Gasteiger partial charge in [-0.25, -0.2) is 0 Å². The summed E-state index contributed by atoms with van der Waals surface area (Å²) < 4.78 is 0. The fourth-order valence-electron chi connectivity index (χ4n) is 1.52. The van der Waals surface area contributed by atoms with Gasteiger partial charge in [-0.05, 0) is 18.6 Å². The Hall–Kier alpha value is -1.78. The van der Waals surface area contributed by atoms with Crippen LogP contribution in [-0.4, -0.2) is 28.0 Å². The molecule has 0 aliphatic rings. The van der Waals surface area contributed by atoms with Crippen LogP contribution in [0.2, 0.25) is 0 Å². The van der Waals surface area contributed by atoms with E-state index < -0.39 is 5.97 Å². The third kappa shape index (κ3) is 3.76. The molecular formula is C11H16N2O3. The minimum Gasteiger partial charge on any atom is -0.481 e. The Kier molecular flexibility index (Phi) is 4.57. The minimum atomic E-state index is -0.898. The fourth-order valence-corrected chi connectivity index (χ4v) is 1.52. The van der Waals surface area contributed by atoms with Crippen molar-refractivity contribution in [1.29, 1.82) is 0 Å². The maximum Gasteiger partial charge on any atom is 0.305 e. The smallest absolute Gasteiger partial charge is 0.305 e. The molecular weight excluding hydrogens is 208 g/mol. The number of carboxylic acids is 1. The van der Waals surface area contributed by atoms with Crippen molar-refractivity contribution in [2.45, 2.75) is 32.2 Å². The van der Waals surface area contributed by atoms with E-state index in [-0.39, 0.29) is 18.4 Å². The van der Waals surface area contributed by atoms with Crippen LogP contribution in [-0.2, 0) is 4.79 Å². The van der Waals surface area contributed by atoms with Crippen LogP contribution in [0.15, 0.2) is 18.3 Å². The third-order valence-corrected chi connectivity index (χ3v) is 2.24. The van der Waals surface area contributed by atoms with Crippen LogP contribution >= 0.6 is 0 Å². The largest absolute Gasteiger partial charge is 0.481 e. The van der Waals surface area contributed by atoms with Gasteiger partial charge in [0.1, 0.15) is 5.69 Å². The highest BCUT2D eigenvalue weighted by Gasteiger charge is 2.16. The molecule has 1 aromatic rings. The van der Waals surface area contributed by atoms with E-state index in [4.69, 9.17) is 5.11 Å². The lowest BCUT2D eigenvalue weighted by atomic mass is 10.1. The number of aliphatic carboxylic acids is 1. The normalized spacial score (nSPS) is 12.1. The highest BCUT2D eigenvalue weighted by atomic mass is 16.4. The van der Waals surface area contributed by atoms with Gasteiger partial charge in [0.25, 0.3) is 5.91 Å². The molecule has 0 fully saturated rings. The lowest BCUT2D eigenvalue weighted by molar-refractivity contribution is -0.137. The zero-order valence-electron chi connectivity index (χ0n) is 9.19. The second-order valence-corrected chi connectivity index (χ2v) is 3.64. The second kappa shape index (κ2) is 5.95. The van der Waals surface area contributed by atoms with Crippen LogP contribution in [0.1, 0.15) is 36.7 Å². The van der Waals surface area contributed by atoms with Gasteiger partial charge in [-0.15, -0.1) is 0 Å². The average molecular weight is 224 g/mol. The number of aromatic nitrogens is 1. The fraction of sp³-hybridized carbons (Fsp3) is 0.455. The number of carboxylic acid groups (broad SMARTS) is 1. The number of rotatable bonds is 6. The molecule has 0 aliphatic carbocycles. The Morgan fingerprint density at radius 2 is 2.31 bits per heavy atom. The summed E-state index contributed by atoms with van der Waals surface area (Å²) in [5.41, 5.74) is 0.450. The van der Waals surface area contributed by atoms with Gasteiger partial charge in [-0.1, -0.05) is 13.3 Å². The maximum absolute atomic E-state index is 11.6. The van der Waals surface area contributed by atoms with Gasteiger partial charge < -0.3 is 15.4 Å². The summed E-state index contributed by atoms with van der Waals surface area (Å²) >= 11 is 0. The van der Waals surface area contributed by atoms with E-state index in [0.717, 1.165) is 6.42 Å². The predicted molar refractivity (Wildman–Crippen MR) is 59.2 cm³/mol. The molecule has 0 saturated carbocycles. The number of hydrogen-bond acceptors (Lipinski definition) is 2. The first-order chi connectivity index (χ1) is 7.63. The van der Waals surface area contributed by atoms with Crippen molar-refractivity contribution in [3.8, 4) is 0 Å². The number of amides is 1. The molecule has 0 aliphatic heterocycles. The van der Waals surface area contributed by atoms with Crippen LogP contribution < -0.4 is 5.32 Å². The van der Waals surface area contributed by atoms with Gasteiger partial charge >= 0.3 is 5.97 Å². The first kappa shape index (κ1) is 12.3. The van der Waals surface area contributed by atoms with Gasteiger partial charge in [0, 0.05) is 12.2 Å². The number of hydrogen-bond donors (Lipinski definition) is 3. The number of carbonyl (C=O) groups excluding carboxylic acids is 1. The van der Waals surface area contributed by atoms with Crippen molar-refractivity contribution in [1.82, 2.24) is 10.3 Å². The topological polar surface area (TPSA) is 82.2 Å². The molecule has 0 saturated heterocycles. The van der Waals surface area contributed by atoms with E-state index in [2.05, 4.69) is 10.3 Å². The molecule has 5 heteroatoms. The highest BCUT2D eigenvalue weighted by molar-refractivity contribution is 5.92. The first-order valence-corrected chi connectivity index (χ1v) is 5.29. The SMILES string of the molecule is CCCC(CC(=O)O)NC(=O)c1ccc[nH]1. The lowest BCUT2D eigenvalue weighted by Gasteiger charge is -2.15. The van der Waals surface area contributed by atoms with Gasteiger partial charge in [0.15, 0.2) is 0 Å². The zero-order chi connectivity index (χ0) is 12.0. The number of aromatic amines is 1. The van der Waals surface area contributed by atoms with E-state index in [1.807, 2.05) is 6.92 Å². The average Bonchev–Trinajstić information content (AvgIpc) is 2.69. The van der Waals surface area contributed by atoms with Crippen molar-refractivity contribution in [2.75, 3.05) is 0 Å². The summed E-state index contributed by atoms with van der Waals surface area (Å²) in [5.74, 6) is -1.16. The number of nitrogens with one attached hydrogen (secondary N) is 2. The van der Waals surface area contributed by atoms with E-state index in [9.17, 15) is 9.59 Å². The number of H-pyrrole nitrogens is 1. The molecule has 16 heavy (non-hydrogen) atoms. The molecule has 1 rings (SSSR count). The van der Waals surface area contributed by atoms with E-state index in [0.29, 0.717) is 12.1 Å². The summed E-state index contributed by atoms with van der Waals surface area (Å²) in [6, 6.07) is 3.07. The van der Waals surface area contributed by atoms with Crippen molar-refractivity contribution in [3.63, 3.8) is 0 Å². The Morgan fingerprint density at radius 1 is 1.56 bits per heavy atom. The molecule has 88 valence electrons. The van der Waals surface area contributed by atoms with Crippen LogP contribution in [0.5, 0.6) is 0 Å². The maximum atomic E-state index is 11.6. The molecule has 1 atom stereocenters. The number of carbonyl (C=O) groups is 2. The Morgan fingerprint density at radius 3 is 2.81 bits per heavy atom. The minimum absolute atomic E-state index is 0.0414. The highest BCUT2D eigenvalue weighted by Crippen LogP contribution is 2.04. The molecule has 1 amide bonds. The third-order valence-electron chi connectivity index (χ3n) is 2.24. The molecule has 0 radical (unpaired) electrons. The van der Waals surface area contributed by atoms with Gasteiger partial charge in [0.2, 0.25) is 0 Å². The zero-order valence-corrected chi connectivity index (χ0v) is 9.19. The molecule has 1 aromatic heterocycles. The van der Waals surface area contributed by atoms with Crippen molar-refractivity contribution < 1.29 is 14.7 Å². The van der Waals surface area contributed by atoms with Gasteiger partial charge in [0.05, 0.1) is 6.42 Å². The molecule has 1 unspecified atom stereocenters. The lowest BCUT2D eigenvalue weighted by Crippen LogP contribution is -2.36. The Balaban J connectivity index is 2.54. The van der Waals surface area contributed by atoms with Crippen LogP contribution in [0.25, 0.3) is 0 Å². The molecule has 3 N–H and O–H groups in total. The summed E-state index contributed by atoms with van der Waals surface area (Å²) in [5, 5.41) is 11.4. The second-order valence-electron chi connectivity index (χ2n) is 3.64. The van der Waals surface area contributed by atoms with Crippen molar-refractivity contribution in [2.24, 2.45) is 0 Å². The van der Waals surface area contributed by atoms with E-state index >= 15 is 0 Å². The Labute approximate surface area is 93.9 Å². The van der Waals surface area contributed by atoms with E-state index in [1.165, 1.54) is 0 Å². The predicted octanol–water partition coefficient (Wildman–Crippen LogP) is 1.39. The van der Waals surface area contributed by atoms with Gasteiger partial charge in [-0.2, -0.15) is 0 Å². The van der Waals surface area contributed by atoms with Crippen LogP contribution in [0.4, 0.5) is 0 Å². The van der Waals surface area contributed by atoms with Gasteiger partial charge in [-0.3, -0.25) is 9.59 Å². The Bertz CT molecular complexity index is 346. The van der Waals surface area contributed by atoms with Crippen LogP contribution in [0, 0.1) is 0 Å². The monoisotopic (exact) mass is 224 g/mol. The standard InChI is InChI=1S/C11H16N2O3/c1-2-4-8(7-10(14)15)13-11(16)9-5-3-6-12-9/h3,5-6,8,12H,2,4,7H2,1H3,(H,13,16)(H,14,15). The molecule has 0 aromatic carbocycles. The quantitative estimate of drug-likeness (QED) is 0.682. The molecule has 5 nitrogen and oxygen atoms in total. The van der Waals surface area contributed by atoms with Crippen molar-refractivity contribution in [3.05, 3.63) is 24.0 Å². The van der Waals surface area contributed by atoms with E-state index in [1.54, 1.807) is 18.3 Å². The van der Waals surface area contributed by atoms with Crippen LogP contribution in [0.3, 0.4) is 0 Å². The van der Waals surface area contributed by atoms with Crippen molar-refractivity contribution >= 4 is 11.9 Å². The molecule has 1 heterocycles. The molecule has 0 spiro atoms.